The van der Waals surface area contributed by atoms with E-state index in [1.54, 1.807) is 4.90 Å². The van der Waals surface area contributed by atoms with Crippen molar-refractivity contribution in [1.82, 2.24) is 20.2 Å². The average molecular weight is 637 g/mol. The van der Waals surface area contributed by atoms with Gasteiger partial charge < -0.3 is 10.2 Å². The SMILES string of the molecule is CCCC(CC(=O)[C@@H]1[C@H]2CCC[C@H]2CN1C(=O)[C@@H](NC(=O)[C@H](CC(=O)c1cnccn1)C(C)C)C(C)C)C(=O)C(=O)CC1CCC1. The number of nitrogens with zero attached hydrogens (tertiary/aromatic N) is 3. The largest absolute Gasteiger partial charge is 0.344 e. The lowest BCUT2D eigenvalue weighted by Gasteiger charge is -2.33. The van der Waals surface area contributed by atoms with Crippen LogP contribution in [-0.2, 0) is 24.0 Å². The third-order valence-corrected chi connectivity index (χ3v) is 10.6. The molecule has 10 heteroatoms. The number of amides is 2. The van der Waals surface area contributed by atoms with Crippen LogP contribution in [0.3, 0.4) is 0 Å². The Morgan fingerprint density at radius 1 is 0.935 bits per heavy atom. The fraction of sp³-hybridized carbons (Fsp3) is 0.722. The zero-order valence-electron chi connectivity index (χ0n) is 28.2. The summed E-state index contributed by atoms with van der Waals surface area (Å²) in [4.78, 5) is 90.7. The number of hydrogen-bond acceptors (Lipinski definition) is 8. The second-order valence-electron chi connectivity index (χ2n) is 14.5. The summed E-state index contributed by atoms with van der Waals surface area (Å²) in [6, 6.07) is -1.56. The molecular weight excluding hydrogens is 584 g/mol. The zero-order chi connectivity index (χ0) is 33.5. The minimum Gasteiger partial charge on any atom is -0.344 e. The summed E-state index contributed by atoms with van der Waals surface area (Å²) < 4.78 is 0. The van der Waals surface area contributed by atoms with Gasteiger partial charge in [-0.3, -0.25) is 33.8 Å². The van der Waals surface area contributed by atoms with E-state index in [4.69, 9.17) is 0 Å². The number of carbonyl (C=O) groups excluding carboxylic acids is 6. The summed E-state index contributed by atoms with van der Waals surface area (Å²) >= 11 is 0. The fourth-order valence-corrected chi connectivity index (χ4v) is 7.60. The molecule has 10 nitrogen and oxygen atoms in total. The first kappa shape index (κ1) is 35.6. The van der Waals surface area contributed by atoms with Gasteiger partial charge in [0, 0.05) is 50.0 Å². The number of hydrogen-bond donors (Lipinski definition) is 1. The number of nitrogens with one attached hydrogen (secondary N) is 1. The van der Waals surface area contributed by atoms with Gasteiger partial charge in [-0.2, -0.15) is 0 Å². The Balaban J connectivity index is 1.49. The Kier molecular flexibility index (Phi) is 12.4. The lowest BCUT2D eigenvalue weighted by Crippen LogP contribution is -2.56. The molecule has 2 saturated carbocycles. The molecule has 2 aliphatic carbocycles. The molecule has 1 aromatic rings. The molecule has 3 aliphatic rings. The van der Waals surface area contributed by atoms with Gasteiger partial charge >= 0.3 is 0 Å². The lowest BCUT2D eigenvalue weighted by atomic mass is 9.79. The Morgan fingerprint density at radius 2 is 1.65 bits per heavy atom. The number of Topliss-reactive ketones (excluding diaryl/α,β-unsaturated/α-hetero) is 4. The molecule has 0 bridgehead atoms. The third-order valence-electron chi connectivity index (χ3n) is 10.6. The zero-order valence-corrected chi connectivity index (χ0v) is 28.2. The van der Waals surface area contributed by atoms with E-state index in [9.17, 15) is 28.8 Å². The maximum absolute atomic E-state index is 14.3. The van der Waals surface area contributed by atoms with Crippen LogP contribution in [0.25, 0.3) is 0 Å². The predicted molar refractivity (Wildman–Crippen MR) is 172 cm³/mol. The van der Waals surface area contributed by atoms with E-state index < -0.39 is 29.7 Å². The van der Waals surface area contributed by atoms with Gasteiger partial charge in [0.25, 0.3) is 0 Å². The minimum absolute atomic E-state index is 0.0102. The number of rotatable bonds is 17. The first-order chi connectivity index (χ1) is 21.9. The number of carbonyl (C=O) groups is 6. The van der Waals surface area contributed by atoms with Crippen LogP contribution in [0.2, 0.25) is 0 Å². The van der Waals surface area contributed by atoms with E-state index in [0.29, 0.717) is 19.4 Å². The molecule has 2 heterocycles. The van der Waals surface area contributed by atoms with Crippen molar-refractivity contribution in [1.29, 1.82) is 0 Å². The van der Waals surface area contributed by atoms with E-state index in [2.05, 4.69) is 15.3 Å². The molecular formula is C36H52N4O6. The van der Waals surface area contributed by atoms with Crippen molar-refractivity contribution in [2.75, 3.05) is 6.54 Å². The lowest BCUT2D eigenvalue weighted by molar-refractivity contribution is -0.145. The van der Waals surface area contributed by atoms with Gasteiger partial charge in [0.05, 0.1) is 12.2 Å². The Morgan fingerprint density at radius 3 is 2.24 bits per heavy atom. The molecule has 0 aromatic carbocycles. The quantitative estimate of drug-likeness (QED) is 0.190. The maximum Gasteiger partial charge on any atom is 0.246 e. The van der Waals surface area contributed by atoms with Gasteiger partial charge in [0.15, 0.2) is 17.3 Å². The van der Waals surface area contributed by atoms with Crippen molar-refractivity contribution in [3.63, 3.8) is 0 Å². The summed E-state index contributed by atoms with van der Waals surface area (Å²) in [6.07, 6.45) is 11.4. The third kappa shape index (κ3) is 8.34. The first-order valence-electron chi connectivity index (χ1n) is 17.4. The van der Waals surface area contributed by atoms with Crippen molar-refractivity contribution in [2.45, 2.75) is 117 Å². The first-order valence-corrected chi connectivity index (χ1v) is 17.4. The standard InChI is InChI=1S/C36H52N4O6/c1-6-9-24(34(44)31(43)16-23-10-7-11-23)17-30(42)33-26-13-8-12-25(26)20-40(33)36(46)32(22(4)5)39-35(45)27(21(2)3)18-29(41)28-19-37-14-15-38-28/h14-15,19,21-27,32-33H,6-13,16-18,20H2,1-5H3,(H,39,45)/t24?,25-,26-,27+,32-,33-/m0/s1. The molecule has 46 heavy (non-hydrogen) atoms. The molecule has 1 aliphatic heterocycles. The van der Waals surface area contributed by atoms with Crippen LogP contribution >= 0.6 is 0 Å². The van der Waals surface area contributed by atoms with E-state index in [1.165, 1.54) is 18.6 Å². The monoisotopic (exact) mass is 636 g/mol. The minimum atomic E-state index is -0.883. The number of fused-ring (bicyclic) bond motifs is 1. The Labute approximate surface area is 273 Å². The van der Waals surface area contributed by atoms with Crippen LogP contribution in [0.1, 0.15) is 116 Å². The highest BCUT2D eigenvalue weighted by Crippen LogP contribution is 2.44. The molecule has 0 spiro atoms. The topological polar surface area (TPSA) is 143 Å². The normalized spacial score (nSPS) is 23.0. The number of likely N-dealkylation sites (tertiary alicyclic amines) is 1. The van der Waals surface area contributed by atoms with E-state index >= 15 is 0 Å². The van der Waals surface area contributed by atoms with Gasteiger partial charge in [-0.05, 0) is 61.7 Å². The van der Waals surface area contributed by atoms with Crippen LogP contribution in [0.4, 0.5) is 0 Å². The van der Waals surface area contributed by atoms with Gasteiger partial charge in [-0.1, -0.05) is 53.9 Å². The van der Waals surface area contributed by atoms with Crippen LogP contribution in [0.15, 0.2) is 18.6 Å². The number of ketones is 4. The second-order valence-corrected chi connectivity index (χ2v) is 14.5. The molecule has 252 valence electrons. The maximum atomic E-state index is 14.3. The highest BCUT2D eigenvalue weighted by atomic mass is 16.2. The van der Waals surface area contributed by atoms with E-state index in [0.717, 1.165) is 38.5 Å². The number of aromatic nitrogens is 2. The van der Waals surface area contributed by atoms with Crippen LogP contribution in [0.5, 0.6) is 0 Å². The highest BCUT2D eigenvalue weighted by molar-refractivity contribution is 6.38. The van der Waals surface area contributed by atoms with Crippen molar-refractivity contribution >= 4 is 34.9 Å². The summed E-state index contributed by atoms with van der Waals surface area (Å²) in [5, 5.41) is 2.95. The smallest absolute Gasteiger partial charge is 0.246 e. The highest BCUT2D eigenvalue weighted by Gasteiger charge is 2.51. The molecule has 3 fully saturated rings. The summed E-state index contributed by atoms with van der Waals surface area (Å²) in [6.45, 7) is 9.82. The summed E-state index contributed by atoms with van der Waals surface area (Å²) in [5.41, 5.74) is 0.187. The van der Waals surface area contributed by atoms with Gasteiger partial charge in [-0.25, -0.2) is 4.98 Å². The summed E-state index contributed by atoms with van der Waals surface area (Å²) in [5.74, 6) is -3.27. The van der Waals surface area contributed by atoms with Crippen molar-refractivity contribution in [3.8, 4) is 0 Å². The Bertz CT molecular complexity index is 1280. The average Bonchev–Trinajstić information content (AvgIpc) is 3.61. The molecule has 1 aromatic heterocycles. The van der Waals surface area contributed by atoms with Gasteiger partial charge in [-0.15, -0.1) is 0 Å². The predicted octanol–water partition coefficient (Wildman–Crippen LogP) is 4.79. The van der Waals surface area contributed by atoms with Crippen molar-refractivity contribution in [2.24, 2.45) is 41.4 Å². The van der Waals surface area contributed by atoms with Crippen molar-refractivity contribution in [3.05, 3.63) is 24.3 Å². The molecule has 4 rings (SSSR count). The molecule has 0 radical (unpaired) electrons. The van der Waals surface area contributed by atoms with Crippen LogP contribution < -0.4 is 5.32 Å². The fourth-order valence-electron chi connectivity index (χ4n) is 7.60. The van der Waals surface area contributed by atoms with E-state index in [-0.39, 0.29) is 83.7 Å². The molecule has 1 saturated heterocycles. The van der Waals surface area contributed by atoms with Crippen LogP contribution in [-0.4, -0.2) is 68.4 Å². The van der Waals surface area contributed by atoms with Crippen LogP contribution in [0, 0.1) is 41.4 Å². The van der Waals surface area contributed by atoms with Gasteiger partial charge in [0.1, 0.15) is 11.7 Å². The molecule has 1 unspecified atom stereocenters. The van der Waals surface area contributed by atoms with Gasteiger partial charge in [0.2, 0.25) is 17.6 Å². The van der Waals surface area contributed by atoms with E-state index in [1.807, 2.05) is 34.6 Å². The summed E-state index contributed by atoms with van der Waals surface area (Å²) in [7, 11) is 0. The Hall–Kier alpha value is -3.30. The molecule has 6 atom stereocenters. The van der Waals surface area contributed by atoms with Crippen molar-refractivity contribution < 1.29 is 28.8 Å². The molecule has 1 N–H and O–H groups in total. The second kappa shape index (κ2) is 16.0. The molecule has 2 amide bonds.